The summed E-state index contributed by atoms with van der Waals surface area (Å²) < 4.78 is 0. The summed E-state index contributed by atoms with van der Waals surface area (Å²) in [5, 5.41) is 3.37. The summed E-state index contributed by atoms with van der Waals surface area (Å²) in [6, 6.07) is 1.05. The number of rotatable bonds is 2. The van der Waals surface area contributed by atoms with Crippen LogP contribution in [0.1, 0.15) is 39.0 Å². The van der Waals surface area contributed by atoms with Gasteiger partial charge in [-0.3, -0.25) is 9.69 Å². The van der Waals surface area contributed by atoms with Crippen LogP contribution in [0.5, 0.6) is 0 Å². The third kappa shape index (κ3) is 4.47. The minimum absolute atomic E-state index is 0. The van der Waals surface area contributed by atoms with Crippen molar-refractivity contribution in [2.45, 2.75) is 51.1 Å². The van der Waals surface area contributed by atoms with Crippen molar-refractivity contribution in [3.63, 3.8) is 0 Å². The Morgan fingerprint density at radius 2 is 1.86 bits per heavy atom. The van der Waals surface area contributed by atoms with Gasteiger partial charge in [0.15, 0.2) is 0 Å². The van der Waals surface area contributed by atoms with Crippen LogP contribution < -0.4 is 5.32 Å². The number of amides is 1. The van der Waals surface area contributed by atoms with Gasteiger partial charge in [0.05, 0.1) is 0 Å². The summed E-state index contributed by atoms with van der Waals surface area (Å²) in [5.74, 6) is 1.02. The Morgan fingerprint density at radius 1 is 1.14 bits per heavy atom. The van der Waals surface area contributed by atoms with Gasteiger partial charge < -0.3 is 10.2 Å². The van der Waals surface area contributed by atoms with Gasteiger partial charge in [0.2, 0.25) is 5.91 Å². The van der Waals surface area contributed by atoms with Crippen LogP contribution in [0.25, 0.3) is 0 Å². The van der Waals surface area contributed by atoms with Gasteiger partial charge in [-0.25, -0.2) is 0 Å². The molecular weight excluding hydrogens is 309 g/mol. The summed E-state index contributed by atoms with van der Waals surface area (Å²) in [6.45, 7) is 7.70. The maximum Gasteiger partial charge on any atom is 0.223 e. The predicted octanol–water partition coefficient (Wildman–Crippen LogP) is 1.91. The van der Waals surface area contributed by atoms with Crippen molar-refractivity contribution in [2.75, 3.05) is 32.7 Å². The highest BCUT2D eigenvalue weighted by Crippen LogP contribution is 2.26. The van der Waals surface area contributed by atoms with Gasteiger partial charge >= 0.3 is 0 Å². The van der Waals surface area contributed by atoms with Crippen molar-refractivity contribution in [3.8, 4) is 0 Å². The number of nitrogens with one attached hydrogen (secondary N) is 1. The molecule has 3 aliphatic rings. The Kier molecular flexibility index (Phi) is 7.75. The van der Waals surface area contributed by atoms with Crippen molar-refractivity contribution < 1.29 is 4.79 Å². The molecule has 3 rings (SSSR count). The van der Waals surface area contributed by atoms with E-state index < -0.39 is 0 Å². The van der Waals surface area contributed by atoms with Crippen LogP contribution in [0.2, 0.25) is 0 Å². The average molecular weight is 338 g/mol. The molecule has 3 heterocycles. The van der Waals surface area contributed by atoms with Gasteiger partial charge in [0.25, 0.3) is 0 Å². The van der Waals surface area contributed by atoms with E-state index in [9.17, 15) is 4.79 Å². The molecule has 0 bridgehead atoms. The molecule has 0 radical (unpaired) electrons. The largest absolute Gasteiger partial charge is 0.337 e. The first kappa shape index (κ1) is 19.0. The Hall–Kier alpha value is -0.0300. The molecule has 0 saturated carbocycles. The summed E-state index contributed by atoms with van der Waals surface area (Å²) >= 11 is 0. The fourth-order valence-electron chi connectivity index (χ4n) is 3.98. The van der Waals surface area contributed by atoms with Crippen LogP contribution in [-0.2, 0) is 4.79 Å². The second kappa shape index (κ2) is 8.56. The normalized spacial score (nSPS) is 30.2. The number of nitrogens with zero attached hydrogens (tertiary/aromatic N) is 2. The number of carbonyl (C=O) groups is 1. The van der Waals surface area contributed by atoms with Crippen molar-refractivity contribution in [3.05, 3.63) is 0 Å². The van der Waals surface area contributed by atoms with E-state index in [0.717, 1.165) is 32.6 Å². The zero-order valence-electron chi connectivity index (χ0n) is 12.9. The highest BCUT2D eigenvalue weighted by Gasteiger charge is 2.36. The number of halogens is 2. The van der Waals surface area contributed by atoms with E-state index in [1.54, 1.807) is 0 Å². The molecular formula is C15H29Cl2N3O. The van der Waals surface area contributed by atoms with Gasteiger partial charge in [-0.05, 0) is 58.2 Å². The average Bonchev–Trinajstić information content (AvgIpc) is 2.86. The van der Waals surface area contributed by atoms with E-state index in [0.29, 0.717) is 23.9 Å². The minimum atomic E-state index is 0. The number of carbonyl (C=O) groups excluding carboxylic acids is 1. The van der Waals surface area contributed by atoms with Crippen molar-refractivity contribution >= 4 is 30.7 Å². The van der Waals surface area contributed by atoms with Crippen LogP contribution in [0.4, 0.5) is 0 Å². The molecule has 124 valence electrons. The number of piperazine rings is 1. The van der Waals surface area contributed by atoms with Gasteiger partial charge in [0.1, 0.15) is 0 Å². The van der Waals surface area contributed by atoms with E-state index in [2.05, 4.69) is 22.0 Å². The smallest absolute Gasteiger partial charge is 0.223 e. The molecule has 0 spiro atoms. The van der Waals surface area contributed by atoms with Crippen molar-refractivity contribution in [2.24, 2.45) is 5.92 Å². The monoisotopic (exact) mass is 337 g/mol. The lowest BCUT2D eigenvalue weighted by molar-refractivity contribution is -0.138. The van der Waals surface area contributed by atoms with E-state index in [1.165, 1.54) is 32.2 Å². The summed E-state index contributed by atoms with van der Waals surface area (Å²) in [4.78, 5) is 17.3. The first-order valence-electron chi connectivity index (χ1n) is 7.98. The molecule has 2 unspecified atom stereocenters. The topological polar surface area (TPSA) is 35.6 Å². The van der Waals surface area contributed by atoms with Gasteiger partial charge in [-0.2, -0.15) is 0 Å². The second-order valence-corrected chi connectivity index (χ2v) is 6.58. The van der Waals surface area contributed by atoms with E-state index >= 15 is 0 Å². The maximum atomic E-state index is 12.6. The Balaban J connectivity index is 0.00000110. The Labute approximate surface area is 140 Å². The van der Waals surface area contributed by atoms with Gasteiger partial charge in [0, 0.05) is 31.6 Å². The summed E-state index contributed by atoms with van der Waals surface area (Å²) in [6.07, 6.45) is 5.71. The van der Waals surface area contributed by atoms with Gasteiger partial charge in [-0.1, -0.05) is 0 Å². The highest BCUT2D eigenvalue weighted by molar-refractivity contribution is 5.85. The molecule has 0 aromatic carbocycles. The fraction of sp³-hybridized carbons (Fsp3) is 0.933. The predicted molar refractivity (Wildman–Crippen MR) is 90.5 cm³/mol. The van der Waals surface area contributed by atoms with Crippen LogP contribution in [-0.4, -0.2) is 60.5 Å². The van der Waals surface area contributed by atoms with E-state index in [1.807, 2.05) is 0 Å². The molecule has 4 nitrogen and oxygen atoms in total. The van der Waals surface area contributed by atoms with Crippen LogP contribution in [0, 0.1) is 5.92 Å². The molecule has 0 aliphatic carbocycles. The zero-order valence-corrected chi connectivity index (χ0v) is 14.6. The Bertz CT molecular complexity index is 337. The summed E-state index contributed by atoms with van der Waals surface area (Å²) in [5.41, 5.74) is 0. The first-order chi connectivity index (χ1) is 9.24. The third-order valence-corrected chi connectivity index (χ3v) is 5.18. The first-order valence-corrected chi connectivity index (χ1v) is 7.98. The molecule has 6 heteroatoms. The molecule has 1 N–H and O–H groups in total. The van der Waals surface area contributed by atoms with E-state index in [-0.39, 0.29) is 24.8 Å². The quantitative estimate of drug-likeness (QED) is 0.836. The molecule has 3 aliphatic heterocycles. The Morgan fingerprint density at radius 3 is 2.57 bits per heavy atom. The molecule has 1 amide bonds. The number of piperidine rings is 1. The summed E-state index contributed by atoms with van der Waals surface area (Å²) in [7, 11) is 0. The van der Waals surface area contributed by atoms with Crippen LogP contribution in [0.3, 0.4) is 0 Å². The molecule has 2 atom stereocenters. The molecule has 21 heavy (non-hydrogen) atoms. The van der Waals surface area contributed by atoms with Crippen LogP contribution in [0.15, 0.2) is 0 Å². The standard InChI is InChI=1S/C15H27N3O.2ClH/c1-12-10-17-8-2-3-14(17)11-18(12)15(19)9-13-4-6-16-7-5-13;;/h12-14,16H,2-11H2,1H3;2*1H. The number of fused-ring (bicyclic) bond motifs is 1. The molecule has 3 saturated heterocycles. The minimum Gasteiger partial charge on any atom is -0.337 e. The number of hydrogen-bond donors (Lipinski definition) is 1. The second-order valence-electron chi connectivity index (χ2n) is 6.58. The lowest BCUT2D eigenvalue weighted by atomic mass is 9.93. The molecule has 0 aromatic heterocycles. The SMILES string of the molecule is CC1CN2CCCC2CN1C(=O)CC1CCNCC1.Cl.Cl. The van der Waals surface area contributed by atoms with Crippen molar-refractivity contribution in [1.82, 2.24) is 15.1 Å². The highest BCUT2D eigenvalue weighted by atomic mass is 35.5. The van der Waals surface area contributed by atoms with E-state index in [4.69, 9.17) is 0 Å². The number of hydrogen-bond acceptors (Lipinski definition) is 3. The van der Waals surface area contributed by atoms with Gasteiger partial charge in [-0.15, -0.1) is 24.8 Å². The molecule has 0 aromatic rings. The maximum absolute atomic E-state index is 12.6. The van der Waals surface area contributed by atoms with Crippen LogP contribution >= 0.6 is 24.8 Å². The fourth-order valence-corrected chi connectivity index (χ4v) is 3.98. The third-order valence-electron chi connectivity index (χ3n) is 5.18. The van der Waals surface area contributed by atoms with Crippen molar-refractivity contribution in [1.29, 1.82) is 0 Å². The zero-order chi connectivity index (χ0) is 13.2. The molecule has 3 fully saturated rings. The lowest BCUT2D eigenvalue weighted by Gasteiger charge is -2.43. The lowest BCUT2D eigenvalue weighted by Crippen LogP contribution is -2.57.